The number of ether oxygens (including phenoxy) is 1. The van der Waals surface area contributed by atoms with E-state index in [1.165, 1.54) is 13.2 Å². The Morgan fingerprint density at radius 3 is 2.78 bits per heavy atom. The SMILES string of the molecule is COC(=O)c1[nH]nc(-c2ccc(F)cc2F)c1Br. The molecule has 0 saturated carbocycles. The summed E-state index contributed by atoms with van der Waals surface area (Å²) in [6.45, 7) is 0. The molecule has 1 N–H and O–H groups in total. The first-order valence-corrected chi connectivity index (χ1v) is 5.61. The van der Waals surface area contributed by atoms with E-state index < -0.39 is 17.6 Å². The topological polar surface area (TPSA) is 55.0 Å². The van der Waals surface area contributed by atoms with Gasteiger partial charge < -0.3 is 4.74 Å². The third-order valence-corrected chi connectivity index (χ3v) is 3.05. The molecular weight excluding hydrogens is 310 g/mol. The molecule has 0 atom stereocenters. The third kappa shape index (κ3) is 2.13. The number of hydrogen-bond donors (Lipinski definition) is 1. The van der Waals surface area contributed by atoms with Crippen LogP contribution in [-0.4, -0.2) is 23.3 Å². The predicted molar refractivity (Wildman–Crippen MR) is 63.0 cm³/mol. The van der Waals surface area contributed by atoms with Crippen molar-refractivity contribution >= 4 is 21.9 Å². The van der Waals surface area contributed by atoms with Crippen LogP contribution >= 0.6 is 15.9 Å². The van der Waals surface area contributed by atoms with Crippen molar-refractivity contribution < 1.29 is 18.3 Å². The maximum absolute atomic E-state index is 13.6. The molecule has 7 heteroatoms. The number of halogens is 3. The molecule has 0 unspecified atom stereocenters. The molecule has 0 spiro atoms. The number of aromatic nitrogens is 2. The Bertz CT molecular complexity index is 613. The molecule has 18 heavy (non-hydrogen) atoms. The Labute approximate surface area is 109 Å². The quantitative estimate of drug-likeness (QED) is 0.867. The molecular formula is C11H7BrF2N2O2. The van der Waals surface area contributed by atoms with E-state index in [0.717, 1.165) is 12.1 Å². The van der Waals surface area contributed by atoms with Crippen LogP contribution in [0, 0.1) is 11.6 Å². The highest BCUT2D eigenvalue weighted by molar-refractivity contribution is 9.10. The van der Waals surface area contributed by atoms with Gasteiger partial charge >= 0.3 is 5.97 Å². The highest BCUT2D eigenvalue weighted by atomic mass is 79.9. The average Bonchev–Trinajstić information content (AvgIpc) is 2.70. The van der Waals surface area contributed by atoms with Crippen molar-refractivity contribution in [1.29, 1.82) is 0 Å². The summed E-state index contributed by atoms with van der Waals surface area (Å²) in [5.74, 6) is -2.09. The number of methoxy groups -OCH3 is 1. The molecule has 0 radical (unpaired) electrons. The van der Waals surface area contributed by atoms with Gasteiger partial charge in [0.25, 0.3) is 0 Å². The molecule has 0 aliphatic rings. The molecule has 1 aromatic heterocycles. The van der Waals surface area contributed by atoms with E-state index in [9.17, 15) is 13.6 Å². The van der Waals surface area contributed by atoms with Crippen LogP contribution in [0.25, 0.3) is 11.3 Å². The van der Waals surface area contributed by atoms with Gasteiger partial charge in [-0.15, -0.1) is 0 Å². The van der Waals surface area contributed by atoms with E-state index in [4.69, 9.17) is 0 Å². The second-order valence-corrected chi connectivity index (χ2v) is 4.17. The summed E-state index contributed by atoms with van der Waals surface area (Å²) in [5.41, 5.74) is 0.318. The van der Waals surface area contributed by atoms with Gasteiger partial charge in [0.15, 0.2) is 5.69 Å². The number of nitrogens with one attached hydrogen (secondary N) is 1. The monoisotopic (exact) mass is 316 g/mol. The summed E-state index contributed by atoms with van der Waals surface area (Å²) in [6.07, 6.45) is 0. The van der Waals surface area contributed by atoms with Crippen LogP contribution in [0.3, 0.4) is 0 Å². The number of nitrogens with zero attached hydrogens (tertiary/aromatic N) is 1. The molecule has 0 saturated heterocycles. The first-order valence-electron chi connectivity index (χ1n) is 4.82. The zero-order valence-electron chi connectivity index (χ0n) is 9.13. The second kappa shape index (κ2) is 4.85. The van der Waals surface area contributed by atoms with Gasteiger partial charge in [-0.2, -0.15) is 5.10 Å². The minimum atomic E-state index is -0.765. The molecule has 0 aliphatic heterocycles. The first kappa shape index (κ1) is 12.7. The Hall–Kier alpha value is -1.76. The summed E-state index contributed by atoms with van der Waals surface area (Å²) >= 11 is 3.13. The maximum atomic E-state index is 13.6. The van der Waals surface area contributed by atoms with Crippen molar-refractivity contribution in [3.8, 4) is 11.3 Å². The number of hydrogen-bond acceptors (Lipinski definition) is 3. The molecule has 0 aliphatic carbocycles. The van der Waals surface area contributed by atoms with E-state index >= 15 is 0 Å². The summed E-state index contributed by atoms with van der Waals surface area (Å²) in [5, 5.41) is 6.24. The van der Waals surface area contributed by atoms with Gasteiger partial charge in [0.2, 0.25) is 0 Å². The predicted octanol–water partition coefficient (Wildman–Crippen LogP) is 2.90. The van der Waals surface area contributed by atoms with Crippen molar-refractivity contribution in [3.05, 3.63) is 40.0 Å². The zero-order chi connectivity index (χ0) is 13.3. The molecule has 2 rings (SSSR count). The number of rotatable bonds is 2. The third-order valence-electron chi connectivity index (χ3n) is 2.28. The van der Waals surface area contributed by atoms with Gasteiger partial charge in [-0.05, 0) is 28.1 Å². The number of esters is 1. The molecule has 0 fully saturated rings. The van der Waals surface area contributed by atoms with Crippen LogP contribution < -0.4 is 0 Å². The van der Waals surface area contributed by atoms with Crippen LogP contribution in [0.4, 0.5) is 8.78 Å². The van der Waals surface area contributed by atoms with E-state index in [-0.39, 0.29) is 21.4 Å². The Balaban J connectivity index is 2.52. The van der Waals surface area contributed by atoms with Crippen LogP contribution in [-0.2, 0) is 4.74 Å². The van der Waals surface area contributed by atoms with Gasteiger partial charge in [-0.3, -0.25) is 5.10 Å². The molecule has 1 heterocycles. The number of carbonyl (C=O) groups excluding carboxylic acids is 1. The van der Waals surface area contributed by atoms with Gasteiger partial charge in [0.1, 0.15) is 17.3 Å². The lowest BCUT2D eigenvalue weighted by atomic mass is 10.1. The van der Waals surface area contributed by atoms with Crippen LogP contribution in [0.15, 0.2) is 22.7 Å². The standard InChI is InChI=1S/C11H7BrF2N2O2/c1-18-11(17)10-8(12)9(15-16-10)6-3-2-5(13)4-7(6)14/h2-4H,1H3,(H,15,16). The Morgan fingerprint density at radius 2 is 2.17 bits per heavy atom. The summed E-state index contributed by atoms with van der Waals surface area (Å²) < 4.78 is 31.2. The van der Waals surface area contributed by atoms with Crippen molar-refractivity contribution in [2.45, 2.75) is 0 Å². The largest absolute Gasteiger partial charge is 0.464 e. The normalized spacial score (nSPS) is 10.4. The minimum Gasteiger partial charge on any atom is -0.464 e. The van der Waals surface area contributed by atoms with E-state index in [2.05, 4.69) is 30.9 Å². The van der Waals surface area contributed by atoms with Gasteiger partial charge in [0, 0.05) is 11.6 Å². The van der Waals surface area contributed by atoms with Crippen molar-refractivity contribution in [2.75, 3.05) is 7.11 Å². The zero-order valence-corrected chi connectivity index (χ0v) is 10.7. The lowest BCUT2D eigenvalue weighted by molar-refractivity contribution is 0.0593. The summed E-state index contributed by atoms with van der Waals surface area (Å²) in [6, 6.07) is 3.10. The number of aromatic amines is 1. The summed E-state index contributed by atoms with van der Waals surface area (Å²) in [4.78, 5) is 11.3. The molecule has 4 nitrogen and oxygen atoms in total. The number of H-pyrrole nitrogens is 1. The fourth-order valence-electron chi connectivity index (χ4n) is 1.43. The average molecular weight is 317 g/mol. The van der Waals surface area contributed by atoms with E-state index in [0.29, 0.717) is 0 Å². The van der Waals surface area contributed by atoms with E-state index in [1.807, 2.05) is 0 Å². The second-order valence-electron chi connectivity index (χ2n) is 3.38. The summed E-state index contributed by atoms with van der Waals surface area (Å²) in [7, 11) is 1.22. The van der Waals surface area contributed by atoms with Crippen LogP contribution in [0.1, 0.15) is 10.5 Å². The fraction of sp³-hybridized carbons (Fsp3) is 0.0909. The molecule has 0 bridgehead atoms. The van der Waals surface area contributed by atoms with Crippen molar-refractivity contribution in [3.63, 3.8) is 0 Å². The minimum absolute atomic E-state index is 0.0659. The lowest BCUT2D eigenvalue weighted by Crippen LogP contribution is -2.02. The van der Waals surface area contributed by atoms with Crippen LogP contribution in [0.5, 0.6) is 0 Å². The fourth-order valence-corrected chi connectivity index (χ4v) is 1.98. The smallest absolute Gasteiger partial charge is 0.357 e. The highest BCUT2D eigenvalue weighted by Gasteiger charge is 2.20. The van der Waals surface area contributed by atoms with Crippen molar-refractivity contribution in [2.24, 2.45) is 0 Å². The van der Waals surface area contributed by atoms with Crippen molar-refractivity contribution in [1.82, 2.24) is 10.2 Å². The molecule has 1 aromatic carbocycles. The Morgan fingerprint density at radius 1 is 1.44 bits per heavy atom. The van der Waals surface area contributed by atoms with E-state index in [1.54, 1.807) is 0 Å². The number of carbonyl (C=O) groups is 1. The lowest BCUT2D eigenvalue weighted by Gasteiger charge is -2.00. The number of benzene rings is 1. The van der Waals surface area contributed by atoms with Gasteiger partial charge in [-0.25, -0.2) is 13.6 Å². The molecule has 2 aromatic rings. The molecule has 94 valence electrons. The van der Waals surface area contributed by atoms with Crippen LogP contribution in [0.2, 0.25) is 0 Å². The van der Waals surface area contributed by atoms with Gasteiger partial charge in [-0.1, -0.05) is 0 Å². The highest BCUT2D eigenvalue weighted by Crippen LogP contribution is 2.31. The first-order chi connectivity index (χ1) is 8.54. The van der Waals surface area contributed by atoms with Gasteiger partial charge in [0.05, 0.1) is 11.6 Å². The maximum Gasteiger partial charge on any atom is 0.357 e. The molecule has 0 amide bonds. The Kier molecular flexibility index (Phi) is 3.42.